The number of carbonyl (C=O) groups excluding carboxylic acids is 1. The molecule has 90 valence electrons. The summed E-state index contributed by atoms with van der Waals surface area (Å²) in [5.74, 6) is -0.239. The van der Waals surface area contributed by atoms with Crippen LogP contribution in [0, 0.1) is 0 Å². The van der Waals surface area contributed by atoms with Crippen LogP contribution in [0.25, 0.3) is 0 Å². The van der Waals surface area contributed by atoms with Gasteiger partial charge in [-0.15, -0.1) is 0 Å². The average molecular weight is 218 g/mol. The van der Waals surface area contributed by atoms with E-state index in [4.69, 9.17) is 14.2 Å². The zero-order valence-corrected chi connectivity index (χ0v) is 10.1. The minimum atomic E-state index is -0.239. The van der Waals surface area contributed by atoms with Gasteiger partial charge in [-0.2, -0.15) is 0 Å². The van der Waals surface area contributed by atoms with Crippen molar-refractivity contribution in [2.75, 3.05) is 20.3 Å². The third-order valence-corrected chi connectivity index (χ3v) is 2.03. The van der Waals surface area contributed by atoms with Gasteiger partial charge in [0.1, 0.15) is 6.10 Å². The van der Waals surface area contributed by atoms with E-state index in [1.807, 2.05) is 13.8 Å². The summed E-state index contributed by atoms with van der Waals surface area (Å²) < 4.78 is 15.3. The predicted molar refractivity (Wildman–Crippen MR) is 57.8 cm³/mol. The van der Waals surface area contributed by atoms with Crippen LogP contribution in [0.1, 0.15) is 33.6 Å². The van der Waals surface area contributed by atoms with Crippen molar-refractivity contribution < 1.29 is 19.0 Å². The summed E-state index contributed by atoms with van der Waals surface area (Å²) >= 11 is 0. The number of hydrogen-bond acceptors (Lipinski definition) is 4. The fourth-order valence-corrected chi connectivity index (χ4v) is 0.920. The van der Waals surface area contributed by atoms with Crippen LogP contribution in [0.3, 0.4) is 0 Å². The van der Waals surface area contributed by atoms with Crippen LogP contribution < -0.4 is 0 Å². The molecule has 0 radical (unpaired) electrons. The number of carbonyl (C=O) groups is 1. The Kier molecular flexibility index (Phi) is 8.33. The molecule has 0 fully saturated rings. The summed E-state index contributed by atoms with van der Waals surface area (Å²) in [5, 5.41) is 0. The van der Waals surface area contributed by atoms with Crippen molar-refractivity contribution in [2.45, 2.75) is 45.8 Å². The third kappa shape index (κ3) is 8.39. The maximum absolute atomic E-state index is 11.2. The highest BCUT2D eigenvalue weighted by Gasteiger charge is 2.10. The van der Waals surface area contributed by atoms with Gasteiger partial charge in [0.25, 0.3) is 0 Å². The zero-order valence-electron chi connectivity index (χ0n) is 10.1. The van der Waals surface area contributed by atoms with Crippen LogP contribution in [0.15, 0.2) is 0 Å². The Morgan fingerprint density at radius 1 is 1.27 bits per heavy atom. The topological polar surface area (TPSA) is 44.8 Å². The maximum atomic E-state index is 11.2. The molecule has 0 aliphatic heterocycles. The summed E-state index contributed by atoms with van der Waals surface area (Å²) in [4.78, 5) is 11.2. The molecule has 0 aliphatic carbocycles. The van der Waals surface area contributed by atoms with Crippen molar-refractivity contribution in [1.82, 2.24) is 0 Å². The fourth-order valence-electron chi connectivity index (χ4n) is 0.920. The minimum Gasteiger partial charge on any atom is -0.460 e. The van der Waals surface area contributed by atoms with Gasteiger partial charge in [-0.3, -0.25) is 4.79 Å². The number of ether oxygens (including phenoxy) is 3. The lowest BCUT2D eigenvalue weighted by molar-refractivity contribution is -0.153. The van der Waals surface area contributed by atoms with Crippen LogP contribution in [-0.2, 0) is 19.0 Å². The predicted octanol–water partition coefficient (Wildman–Crippen LogP) is 1.77. The monoisotopic (exact) mass is 218 g/mol. The molecule has 4 nitrogen and oxygen atoms in total. The molecule has 2 unspecified atom stereocenters. The van der Waals surface area contributed by atoms with Gasteiger partial charge in [-0.1, -0.05) is 6.92 Å². The van der Waals surface area contributed by atoms with E-state index in [1.54, 1.807) is 7.11 Å². The summed E-state index contributed by atoms with van der Waals surface area (Å²) in [6.07, 6.45) is 1.28. The maximum Gasteiger partial charge on any atom is 0.308 e. The van der Waals surface area contributed by atoms with Crippen molar-refractivity contribution in [3.8, 4) is 0 Å². The largest absolute Gasteiger partial charge is 0.460 e. The Bertz CT molecular complexity index is 170. The first-order valence-electron chi connectivity index (χ1n) is 5.40. The van der Waals surface area contributed by atoms with Crippen molar-refractivity contribution in [2.24, 2.45) is 0 Å². The molecule has 0 amide bonds. The molecule has 4 heteroatoms. The number of methoxy groups -OCH3 is 1. The number of esters is 1. The second-order valence-electron chi connectivity index (χ2n) is 3.60. The summed E-state index contributed by atoms with van der Waals surface area (Å²) in [7, 11) is 1.56. The van der Waals surface area contributed by atoms with Crippen LogP contribution in [0.5, 0.6) is 0 Å². The van der Waals surface area contributed by atoms with E-state index in [2.05, 4.69) is 6.92 Å². The smallest absolute Gasteiger partial charge is 0.308 e. The van der Waals surface area contributed by atoms with Gasteiger partial charge in [0.2, 0.25) is 0 Å². The Morgan fingerprint density at radius 3 is 2.47 bits per heavy atom. The lowest BCUT2D eigenvalue weighted by atomic mass is 10.3. The molecule has 0 heterocycles. The standard InChI is InChI=1S/C11H22O4/c1-5-9(2)14-8-10(3)15-11(12)6-7-13-4/h9-10H,5-8H2,1-4H3. The molecule has 0 aliphatic rings. The molecule has 0 spiro atoms. The minimum absolute atomic E-state index is 0.191. The Labute approximate surface area is 91.9 Å². The van der Waals surface area contributed by atoms with Gasteiger partial charge in [-0.25, -0.2) is 0 Å². The van der Waals surface area contributed by atoms with E-state index in [0.717, 1.165) is 6.42 Å². The lowest BCUT2D eigenvalue weighted by Gasteiger charge is -2.16. The van der Waals surface area contributed by atoms with E-state index >= 15 is 0 Å². The average Bonchev–Trinajstić information content (AvgIpc) is 2.22. The van der Waals surface area contributed by atoms with E-state index < -0.39 is 0 Å². The molecule has 0 saturated carbocycles. The summed E-state index contributed by atoms with van der Waals surface area (Å²) in [6.45, 7) is 6.73. The van der Waals surface area contributed by atoms with E-state index in [0.29, 0.717) is 19.6 Å². The van der Waals surface area contributed by atoms with Gasteiger partial charge in [0, 0.05) is 7.11 Å². The Morgan fingerprint density at radius 2 is 1.93 bits per heavy atom. The van der Waals surface area contributed by atoms with Crippen LogP contribution >= 0.6 is 0 Å². The highest BCUT2D eigenvalue weighted by Crippen LogP contribution is 2.01. The van der Waals surface area contributed by atoms with Gasteiger partial charge < -0.3 is 14.2 Å². The molecule has 0 aromatic carbocycles. The van der Waals surface area contributed by atoms with E-state index in [9.17, 15) is 4.79 Å². The third-order valence-electron chi connectivity index (χ3n) is 2.03. The molecular formula is C11H22O4. The van der Waals surface area contributed by atoms with Crippen molar-refractivity contribution in [3.05, 3.63) is 0 Å². The first-order chi connectivity index (χ1) is 7.10. The second-order valence-corrected chi connectivity index (χ2v) is 3.60. The van der Waals surface area contributed by atoms with Gasteiger partial charge in [0.05, 0.1) is 25.7 Å². The normalized spacial score (nSPS) is 14.7. The highest BCUT2D eigenvalue weighted by atomic mass is 16.6. The van der Waals surface area contributed by atoms with Crippen molar-refractivity contribution in [3.63, 3.8) is 0 Å². The first kappa shape index (κ1) is 14.4. The van der Waals surface area contributed by atoms with Gasteiger partial charge in [0.15, 0.2) is 0 Å². The summed E-state index contributed by atoms with van der Waals surface area (Å²) in [5.41, 5.74) is 0. The van der Waals surface area contributed by atoms with E-state index in [1.165, 1.54) is 0 Å². The Balaban J connectivity index is 3.54. The van der Waals surface area contributed by atoms with Gasteiger partial charge >= 0.3 is 5.97 Å². The quantitative estimate of drug-likeness (QED) is 0.582. The lowest BCUT2D eigenvalue weighted by Crippen LogP contribution is -2.23. The highest BCUT2D eigenvalue weighted by molar-refractivity contribution is 5.69. The number of hydrogen-bond donors (Lipinski definition) is 0. The molecule has 15 heavy (non-hydrogen) atoms. The Hall–Kier alpha value is -0.610. The van der Waals surface area contributed by atoms with Crippen LogP contribution in [-0.4, -0.2) is 38.5 Å². The van der Waals surface area contributed by atoms with Crippen LogP contribution in [0.4, 0.5) is 0 Å². The molecule has 0 saturated heterocycles. The SMILES string of the molecule is CCC(C)OCC(C)OC(=O)CCOC. The van der Waals surface area contributed by atoms with Crippen molar-refractivity contribution >= 4 is 5.97 Å². The molecule has 0 aromatic rings. The molecule has 2 atom stereocenters. The molecule has 0 N–H and O–H groups in total. The van der Waals surface area contributed by atoms with Gasteiger partial charge in [-0.05, 0) is 20.3 Å². The zero-order chi connectivity index (χ0) is 11.7. The fraction of sp³-hybridized carbons (Fsp3) is 0.909. The molecule has 0 rings (SSSR count). The molecule has 0 bridgehead atoms. The second kappa shape index (κ2) is 8.68. The molecular weight excluding hydrogens is 196 g/mol. The van der Waals surface area contributed by atoms with Crippen LogP contribution in [0.2, 0.25) is 0 Å². The summed E-state index contributed by atoms with van der Waals surface area (Å²) in [6, 6.07) is 0. The van der Waals surface area contributed by atoms with Crippen molar-refractivity contribution in [1.29, 1.82) is 0 Å². The molecule has 0 aromatic heterocycles. The number of rotatable bonds is 8. The van der Waals surface area contributed by atoms with E-state index in [-0.39, 0.29) is 18.2 Å². The first-order valence-corrected chi connectivity index (χ1v) is 5.40.